The zero-order chi connectivity index (χ0) is 21.7. The molecule has 0 saturated heterocycles. The molecule has 0 aromatic heterocycles. The molecule has 1 aliphatic carbocycles. The quantitative estimate of drug-likeness (QED) is 0.581. The zero-order valence-corrected chi connectivity index (χ0v) is 17.8. The van der Waals surface area contributed by atoms with Crippen LogP contribution in [-0.4, -0.2) is 35.2 Å². The molecule has 1 saturated carbocycles. The number of rotatable bonds is 10. The van der Waals surface area contributed by atoms with Crippen LogP contribution in [0.15, 0.2) is 24.3 Å². The number of carbonyl (C=O) groups excluding carboxylic acids is 2. The average molecular weight is 405 g/mol. The maximum atomic E-state index is 12.1. The maximum absolute atomic E-state index is 12.1. The molecule has 160 valence electrons. The first-order valence-corrected chi connectivity index (χ1v) is 10.2. The van der Waals surface area contributed by atoms with Crippen LogP contribution in [0.2, 0.25) is 0 Å². The molecule has 0 radical (unpaired) electrons. The molecule has 0 bridgehead atoms. The van der Waals surface area contributed by atoms with Gasteiger partial charge in [0.1, 0.15) is 5.60 Å². The van der Waals surface area contributed by atoms with E-state index in [0.717, 1.165) is 18.4 Å². The lowest BCUT2D eigenvalue weighted by molar-refractivity contribution is -0.144. The summed E-state index contributed by atoms with van der Waals surface area (Å²) in [5.41, 5.74) is 0.661. The van der Waals surface area contributed by atoms with Gasteiger partial charge in [-0.2, -0.15) is 0 Å². The summed E-state index contributed by atoms with van der Waals surface area (Å²) in [4.78, 5) is 35.6. The molecule has 1 unspecified atom stereocenters. The summed E-state index contributed by atoms with van der Waals surface area (Å²) in [6.07, 6.45) is 3.88. The number of hydrogen-bond acceptors (Lipinski definition) is 5. The van der Waals surface area contributed by atoms with E-state index >= 15 is 0 Å². The van der Waals surface area contributed by atoms with Crippen molar-refractivity contribution in [2.24, 2.45) is 11.3 Å². The third-order valence-electron chi connectivity index (χ3n) is 5.22. The van der Waals surface area contributed by atoms with Crippen molar-refractivity contribution < 1.29 is 29.0 Å². The summed E-state index contributed by atoms with van der Waals surface area (Å²) >= 11 is 0. The van der Waals surface area contributed by atoms with Gasteiger partial charge in [-0.15, -0.1) is 0 Å². The smallest absolute Gasteiger partial charge is 0.338 e. The van der Waals surface area contributed by atoms with Gasteiger partial charge < -0.3 is 14.6 Å². The second kappa shape index (κ2) is 9.42. The summed E-state index contributed by atoms with van der Waals surface area (Å²) in [5.74, 6) is -1.96. The second-order valence-corrected chi connectivity index (χ2v) is 8.96. The van der Waals surface area contributed by atoms with Crippen LogP contribution in [0.3, 0.4) is 0 Å². The van der Waals surface area contributed by atoms with Gasteiger partial charge in [-0.25, -0.2) is 4.79 Å². The summed E-state index contributed by atoms with van der Waals surface area (Å²) in [7, 11) is 0. The van der Waals surface area contributed by atoms with E-state index in [4.69, 9.17) is 9.47 Å². The van der Waals surface area contributed by atoms with E-state index in [-0.39, 0.29) is 11.4 Å². The van der Waals surface area contributed by atoms with E-state index < -0.39 is 23.5 Å². The van der Waals surface area contributed by atoms with E-state index in [1.807, 2.05) is 20.8 Å². The van der Waals surface area contributed by atoms with E-state index in [1.165, 1.54) is 0 Å². The van der Waals surface area contributed by atoms with Gasteiger partial charge in [-0.3, -0.25) is 9.59 Å². The van der Waals surface area contributed by atoms with Crippen molar-refractivity contribution in [1.29, 1.82) is 0 Å². The van der Waals surface area contributed by atoms with Gasteiger partial charge in [0.15, 0.2) is 0 Å². The Hall–Kier alpha value is -2.37. The minimum absolute atomic E-state index is 0.0828. The molecule has 29 heavy (non-hydrogen) atoms. The minimum Gasteiger partial charge on any atom is -0.481 e. The van der Waals surface area contributed by atoms with Gasteiger partial charge >= 0.3 is 17.9 Å². The molecule has 1 aromatic rings. The Morgan fingerprint density at radius 3 is 2.24 bits per heavy atom. The van der Waals surface area contributed by atoms with Crippen LogP contribution in [0.1, 0.15) is 75.7 Å². The van der Waals surface area contributed by atoms with Crippen LogP contribution in [0.5, 0.6) is 0 Å². The minimum atomic E-state index is -0.840. The van der Waals surface area contributed by atoms with E-state index in [2.05, 4.69) is 0 Å². The molecule has 0 aliphatic heterocycles. The van der Waals surface area contributed by atoms with Gasteiger partial charge in [-0.05, 0) is 82.9 Å². The average Bonchev–Trinajstić information content (AvgIpc) is 3.37. The lowest BCUT2D eigenvalue weighted by atomic mass is 9.88. The molecule has 6 heteroatoms. The van der Waals surface area contributed by atoms with Crippen molar-refractivity contribution in [1.82, 2.24) is 0 Å². The number of aliphatic carboxylic acids is 1. The van der Waals surface area contributed by atoms with E-state index in [1.54, 1.807) is 31.2 Å². The third kappa shape index (κ3) is 7.52. The van der Waals surface area contributed by atoms with Crippen molar-refractivity contribution in [2.75, 3.05) is 6.61 Å². The Labute approximate surface area is 172 Å². The second-order valence-electron chi connectivity index (χ2n) is 8.96. The van der Waals surface area contributed by atoms with Crippen LogP contribution in [0.25, 0.3) is 0 Å². The van der Waals surface area contributed by atoms with Gasteiger partial charge in [0.25, 0.3) is 0 Å². The van der Waals surface area contributed by atoms with Crippen molar-refractivity contribution in [3.8, 4) is 0 Å². The first kappa shape index (κ1) is 22.9. The molecule has 1 aliphatic rings. The molecule has 0 heterocycles. The fourth-order valence-electron chi connectivity index (χ4n) is 3.40. The highest BCUT2D eigenvalue weighted by Gasteiger charge is 2.44. The molecular formula is C23H32O6. The molecule has 1 fully saturated rings. The first-order chi connectivity index (χ1) is 13.5. The summed E-state index contributed by atoms with van der Waals surface area (Å²) in [5, 5.41) is 9.62. The summed E-state index contributed by atoms with van der Waals surface area (Å²) in [6, 6.07) is 6.90. The first-order valence-electron chi connectivity index (χ1n) is 10.2. The molecule has 2 rings (SSSR count). The number of benzene rings is 1. The third-order valence-corrected chi connectivity index (χ3v) is 5.22. The Bertz CT molecular complexity index is 725. The van der Waals surface area contributed by atoms with Crippen LogP contribution >= 0.6 is 0 Å². The molecular weight excluding hydrogens is 372 g/mol. The topological polar surface area (TPSA) is 89.9 Å². The van der Waals surface area contributed by atoms with Crippen molar-refractivity contribution in [2.45, 2.75) is 71.8 Å². The maximum Gasteiger partial charge on any atom is 0.338 e. The van der Waals surface area contributed by atoms with Crippen LogP contribution in [-0.2, 0) is 25.5 Å². The monoisotopic (exact) mass is 404 g/mol. The standard InChI is InChI=1S/C23H32O6/c1-5-28-19(24)15-23(12-13-23)11-10-18(20(25)26)14-16-6-8-17(9-7-16)21(27)29-22(2,3)4/h6-9,18H,5,10-15H2,1-4H3,(H,25,26). The number of ether oxygens (including phenoxy) is 2. The SMILES string of the molecule is CCOC(=O)CC1(CCC(Cc2ccc(C(=O)OC(C)(C)C)cc2)C(=O)O)CC1. The van der Waals surface area contributed by atoms with E-state index in [9.17, 15) is 19.5 Å². The fourth-order valence-corrected chi connectivity index (χ4v) is 3.40. The van der Waals surface area contributed by atoms with Crippen molar-refractivity contribution >= 4 is 17.9 Å². The molecule has 1 atom stereocenters. The fraction of sp³-hybridized carbons (Fsp3) is 0.609. The van der Waals surface area contributed by atoms with Crippen LogP contribution in [0.4, 0.5) is 0 Å². The predicted molar refractivity (Wildman–Crippen MR) is 109 cm³/mol. The molecule has 0 amide bonds. The Kier molecular flexibility index (Phi) is 7.44. The van der Waals surface area contributed by atoms with Crippen LogP contribution in [0, 0.1) is 11.3 Å². The normalized spacial score (nSPS) is 16.0. The predicted octanol–water partition coefficient (Wildman–Crippen LogP) is 4.40. The van der Waals surface area contributed by atoms with Crippen molar-refractivity contribution in [3.05, 3.63) is 35.4 Å². The van der Waals surface area contributed by atoms with Gasteiger partial charge in [-0.1, -0.05) is 12.1 Å². The Morgan fingerprint density at radius 2 is 1.76 bits per heavy atom. The number of hydrogen-bond donors (Lipinski definition) is 1. The number of carboxylic acids is 1. The van der Waals surface area contributed by atoms with Gasteiger partial charge in [0.2, 0.25) is 0 Å². The highest BCUT2D eigenvalue weighted by molar-refractivity contribution is 5.89. The molecule has 0 spiro atoms. The molecule has 6 nitrogen and oxygen atoms in total. The number of carboxylic acid groups (broad SMARTS) is 1. The molecule has 1 N–H and O–H groups in total. The van der Waals surface area contributed by atoms with Crippen molar-refractivity contribution in [3.63, 3.8) is 0 Å². The van der Waals surface area contributed by atoms with E-state index in [0.29, 0.717) is 37.9 Å². The number of esters is 2. The highest BCUT2D eigenvalue weighted by Crippen LogP contribution is 2.53. The Balaban J connectivity index is 1.93. The van der Waals surface area contributed by atoms with Crippen LogP contribution < -0.4 is 0 Å². The Morgan fingerprint density at radius 1 is 1.14 bits per heavy atom. The lowest BCUT2D eigenvalue weighted by Crippen LogP contribution is -2.24. The zero-order valence-electron chi connectivity index (χ0n) is 17.8. The molecule has 1 aromatic carbocycles. The summed E-state index contributed by atoms with van der Waals surface area (Å²) < 4.78 is 10.4. The van der Waals surface area contributed by atoms with Gasteiger partial charge in [0.05, 0.1) is 24.5 Å². The number of carbonyl (C=O) groups is 3. The highest BCUT2D eigenvalue weighted by atomic mass is 16.6. The lowest BCUT2D eigenvalue weighted by Gasteiger charge is -2.20. The van der Waals surface area contributed by atoms with Gasteiger partial charge in [0, 0.05) is 0 Å². The summed E-state index contributed by atoms with van der Waals surface area (Å²) in [6.45, 7) is 7.58. The largest absolute Gasteiger partial charge is 0.481 e.